The van der Waals surface area contributed by atoms with Gasteiger partial charge in [-0.25, -0.2) is 0 Å². The largest absolute Gasteiger partial charge is 0.351 e. The van der Waals surface area contributed by atoms with Crippen LogP contribution in [-0.2, 0) is 4.79 Å². The summed E-state index contributed by atoms with van der Waals surface area (Å²) >= 11 is 1.68. The van der Waals surface area contributed by atoms with E-state index in [0.29, 0.717) is 17.9 Å². The number of nitrogens with one attached hydrogen (secondary N) is 3. The third kappa shape index (κ3) is 6.82. The van der Waals surface area contributed by atoms with E-state index in [1.807, 2.05) is 31.4 Å². The van der Waals surface area contributed by atoms with Crippen molar-refractivity contribution >= 4 is 36.0 Å². The van der Waals surface area contributed by atoms with Crippen LogP contribution in [0.25, 0.3) is 0 Å². The third-order valence-electron chi connectivity index (χ3n) is 4.63. The Kier molecular flexibility index (Phi) is 10.1. The van der Waals surface area contributed by atoms with E-state index in [4.69, 9.17) is 0 Å². The molecule has 1 aliphatic heterocycles. The summed E-state index contributed by atoms with van der Waals surface area (Å²) in [7, 11) is 0. The van der Waals surface area contributed by atoms with Gasteiger partial charge in [-0.1, -0.05) is 24.6 Å². The Balaban J connectivity index is 0.00000338. The number of thioether (sulfide) groups is 1. The lowest BCUT2D eigenvalue weighted by Gasteiger charge is -2.31. The molecule has 0 aliphatic carbocycles. The summed E-state index contributed by atoms with van der Waals surface area (Å²) in [5, 5.41) is 9.40. The summed E-state index contributed by atoms with van der Waals surface area (Å²) in [6.07, 6.45) is 3.56. The normalized spacial score (nSPS) is 20.6. The summed E-state index contributed by atoms with van der Waals surface area (Å²) in [5.74, 6) is 0.956. The predicted octanol–water partition coefficient (Wildman–Crippen LogP) is 2.38. The topological polar surface area (TPSA) is 70.2 Å². The number of carbonyl (C=O) groups excluding carboxylic acids is 2. The summed E-state index contributed by atoms with van der Waals surface area (Å²) in [5.41, 5.74) is 1.62. The number of piperidine rings is 1. The second-order valence-corrected chi connectivity index (χ2v) is 7.75. The van der Waals surface area contributed by atoms with Crippen molar-refractivity contribution in [3.8, 4) is 0 Å². The Hall–Kier alpha value is -1.24. The molecule has 1 heterocycles. The molecule has 0 bridgehead atoms. The molecule has 1 aromatic carbocycles. The van der Waals surface area contributed by atoms with Gasteiger partial charge in [-0.2, -0.15) is 11.8 Å². The third-order valence-corrected chi connectivity index (χ3v) is 5.27. The number of amides is 2. The maximum absolute atomic E-state index is 12.7. The fourth-order valence-electron chi connectivity index (χ4n) is 3.04. The first kappa shape index (κ1) is 22.8. The van der Waals surface area contributed by atoms with E-state index in [2.05, 4.69) is 22.9 Å². The van der Waals surface area contributed by atoms with E-state index in [1.165, 1.54) is 0 Å². The fraction of sp³-hybridized carbons (Fsp3) is 0.579. The molecule has 1 saturated heterocycles. The van der Waals surface area contributed by atoms with Gasteiger partial charge in [0.25, 0.3) is 5.91 Å². The van der Waals surface area contributed by atoms with E-state index in [1.54, 1.807) is 17.8 Å². The van der Waals surface area contributed by atoms with Crippen molar-refractivity contribution in [3.63, 3.8) is 0 Å². The van der Waals surface area contributed by atoms with Gasteiger partial charge >= 0.3 is 0 Å². The van der Waals surface area contributed by atoms with Crippen molar-refractivity contribution in [1.29, 1.82) is 0 Å². The quantitative estimate of drug-likeness (QED) is 0.658. The van der Waals surface area contributed by atoms with Crippen LogP contribution in [0.5, 0.6) is 0 Å². The molecule has 1 aliphatic rings. The number of carbonyl (C=O) groups is 2. The minimum Gasteiger partial charge on any atom is -0.351 e. The summed E-state index contributed by atoms with van der Waals surface area (Å²) in [6, 6.07) is 7.10. The zero-order valence-corrected chi connectivity index (χ0v) is 17.3. The maximum Gasteiger partial charge on any atom is 0.251 e. The van der Waals surface area contributed by atoms with Gasteiger partial charge in [0, 0.05) is 11.6 Å². The Morgan fingerprint density at radius 2 is 2.15 bits per heavy atom. The molecule has 1 aromatic rings. The molecule has 5 nitrogen and oxygen atoms in total. The van der Waals surface area contributed by atoms with E-state index >= 15 is 0 Å². The molecule has 26 heavy (non-hydrogen) atoms. The standard InChI is InChI=1S/C19H29N3O2S.ClH/c1-13-5-4-6-15(11-13)18(23)22-17(8-10-25-3)19(24)21-16-7-9-20-12-14(16)2;/h4-6,11,14,16-17,20H,7-10,12H2,1-3H3,(H,21,24)(H,22,23);1H. The van der Waals surface area contributed by atoms with Crippen molar-refractivity contribution < 1.29 is 9.59 Å². The molecule has 1 fully saturated rings. The lowest BCUT2D eigenvalue weighted by atomic mass is 9.95. The highest BCUT2D eigenvalue weighted by Crippen LogP contribution is 2.12. The van der Waals surface area contributed by atoms with Gasteiger partial charge < -0.3 is 16.0 Å². The van der Waals surface area contributed by atoms with Gasteiger partial charge in [0.2, 0.25) is 5.91 Å². The van der Waals surface area contributed by atoms with Crippen LogP contribution >= 0.6 is 24.2 Å². The van der Waals surface area contributed by atoms with E-state index in [9.17, 15) is 9.59 Å². The number of halogens is 1. The number of aryl methyl sites for hydroxylation is 1. The Morgan fingerprint density at radius 3 is 2.81 bits per heavy atom. The first-order valence-electron chi connectivity index (χ1n) is 8.89. The number of benzene rings is 1. The van der Waals surface area contributed by atoms with Crippen LogP contribution in [0.1, 0.15) is 35.7 Å². The molecular formula is C19H30ClN3O2S. The average molecular weight is 400 g/mol. The van der Waals surface area contributed by atoms with Crippen molar-refractivity contribution in [2.24, 2.45) is 5.92 Å². The van der Waals surface area contributed by atoms with Crippen LogP contribution in [0.3, 0.4) is 0 Å². The van der Waals surface area contributed by atoms with Crippen molar-refractivity contribution in [2.75, 3.05) is 25.1 Å². The highest BCUT2D eigenvalue weighted by atomic mass is 35.5. The number of rotatable bonds is 7. The van der Waals surface area contributed by atoms with Gasteiger partial charge in [-0.15, -0.1) is 12.4 Å². The molecule has 146 valence electrons. The van der Waals surface area contributed by atoms with E-state index in [-0.39, 0.29) is 30.3 Å². The highest BCUT2D eigenvalue weighted by Gasteiger charge is 2.27. The molecule has 3 atom stereocenters. The van der Waals surface area contributed by atoms with Crippen LogP contribution < -0.4 is 16.0 Å². The van der Waals surface area contributed by atoms with Gasteiger partial charge in [0.15, 0.2) is 0 Å². The van der Waals surface area contributed by atoms with Crippen molar-refractivity contribution in [1.82, 2.24) is 16.0 Å². The molecule has 3 unspecified atom stereocenters. The smallest absolute Gasteiger partial charge is 0.251 e. The van der Waals surface area contributed by atoms with Gasteiger partial charge in [0.05, 0.1) is 0 Å². The Labute approximate surface area is 166 Å². The maximum atomic E-state index is 12.7. The molecule has 2 amide bonds. The lowest BCUT2D eigenvalue weighted by molar-refractivity contribution is -0.124. The minimum absolute atomic E-state index is 0. The van der Waals surface area contributed by atoms with Gasteiger partial charge in [-0.3, -0.25) is 9.59 Å². The lowest BCUT2D eigenvalue weighted by Crippen LogP contribution is -2.54. The van der Waals surface area contributed by atoms with Crippen LogP contribution in [0.15, 0.2) is 24.3 Å². The van der Waals surface area contributed by atoms with Crippen LogP contribution in [0.4, 0.5) is 0 Å². The van der Waals surface area contributed by atoms with Crippen molar-refractivity contribution in [3.05, 3.63) is 35.4 Å². The zero-order valence-electron chi connectivity index (χ0n) is 15.7. The average Bonchev–Trinajstić information content (AvgIpc) is 2.60. The van der Waals surface area contributed by atoms with Crippen LogP contribution in [0, 0.1) is 12.8 Å². The fourth-order valence-corrected chi connectivity index (χ4v) is 3.52. The molecular weight excluding hydrogens is 370 g/mol. The SMILES string of the molecule is CSCCC(NC(=O)c1cccc(C)c1)C(=O)NC1CCNCC1C.Cl. The zero-order chi connectivity index (χ0) is 18.2. The monoisotopic (exact) mass is 399 g/mol. The summed E-state index contributed by atoms with van der Waals surface area (Å²) in [6.45, 7) is 5.92. The molecule has 0 radical (unpaired) electrons. The number of hydrogen-bond acceptors (Lipinski definition) is 4. The summed E-state index contributed by atoms with van der Waals surface area (Å²) in [4.78, 5) is 25.3. The second kappa shape index (κ2) is 11.5. The molecule has 2 rings (SSSR count). The predicted molar refractivity (Wildman–Crippen MR) is 111 cm³/mol. The molecule has 0 aromatic heterocycles. The van der Waals surface area contributed by atoms with Gasteiger partial charge in [0.1, 0.15) is 6.04 Å². The second-order valence-electron chi connectivity index (χ2n) is 6.76. The van der Waals surface area contributed by atoms with E-state index in [0.717, 1.165) is 30.8 Å². The molecule has 3 N–H and O–H groups in total. The van der Waals surface area contributed by atoms with Gasteiger partial charge in [-0.05, 0) is 62.9 Å². The number of hydrogen-bond donors (Lipinski definition) is 3. The highest BCUT2D eigenvalue weighted by molar-refractivity contribution is 7.98. The van der Waals surface area contributed by atoms with Crippen LogP contribution in [0.2, 0.25) is 0 Å². The minimum atomic E-state index is -0.498. The molecule has 0 saturated carbocycles. The van der Waals surface area contributed by atoms with E-state index < -0.39 is 6.04 Å². The van der Waals surface area contributed by atoms with Crippen molar-refractivity contribution in [2.45, 2.75) is 38.8 Å². The first-order valence-corrected chi connectivity index (χ1v) is 10.3. The molecule has 0 spiro atoms. The Bertz CT molecular complexity index is 600. The first-order chi connectivity index (χ1) is 12.0. The summed E-state index contributed by atoms with van der Waals surface area (Å²) < 4.78 is 0. The Morgan fingerprint density at radius 1 is 1.38 bits per heavy atom. The van der Waals surface area contributed by atoms with Crippen LogP contribution in [-0.4, -0.2) is 49.0 Å². The molecule has 7 heteroatoms.